The first-order chi connectivity index (χ1) is 9.39. The average molecular weight is 380 g/mol. The molecule has 2 heterocycles. The van der Waals surface area contributed by atoms with Crippen LogP contribution in [0.15, 0.2) is 27.6 Å². The maximum atomic E-state index is 12.8. The lowest BCUT2D eigenvalue weighted by Crippen LogP contribution is -2.49. The van der Waals surface area contributed by atoms with Crippen molar-refractivity contribution >= 4 is 37.6 Å². The maximum Gasteiger partial charge on any atom is 0.243 e. The van der Waals surface area contributed by atoms with Crippen molar-refractivity contribution in [2.45, 2.75) is 48.7 Å². The van der Waals surface area contributed by atoms with Gasteiger partial charge in [-0.1, -0.05) is 11.6 Å². The lowest BCUT2D eigenvalue weighted by atomic mass is 10.0. The normalized spacial score (nSPS) is 30.6. The Morgan fingerprint density at radius 3 is 2.40 bits per heavy atom. The standard InChI is InChI=1S/C13H16BrClN2O2S/c14-12-7-11(3-4-13(12)15)20(18,19)17-9-1-2-10(17)6-8(16)5-9/h3-4,7-10H,1-2,5-6,16H2. The Kier molecular flexibility index (Phi) is 3.88. The molecule has 2 bridgehead atoms. The van der Waals surface area contributed by atoms with Crippen LogP contribution >= 0.6 is 27.5 Å². The molecule has 7 heteroatoms. The quantitative estimate of drug-likeness (QED) is 0.859. The number of piperidine rings is 1. The lowest BCUT2D eigenvalue weighted by molar-refractivity contribution is 0.227. The van der Waals surface area contributed by atoms with Crippen LogP contribution < -0.4 is 5.73 Å². The lowest BCUT2D eigenvalue weighted by Gasteiger charge is -2.36. The number of hydrogen-bond acceptors (Lipinski definition) is 3. The van der Waals surface area contributed by atoms with E-state index in [9.17, 15) is 8.42 Å². The van der Waals surface area contributed by atoms with Crippen LogP contribution in [-0.2, 0) is 10.0 Å². The minimum atomic E-state index is -3.47. The number of benzene rings is 1. The van der Waals surface area contributed by atoms with Gasteiger partial charge in [0.25, 0.3) is 0 Å². The molecule has 110 valence electrons. The van der Waals surface area contributed by atoms with Crippen LogP contribution in [0.3, 0.4) is 0 Å². The third-order valence-electron chi connectivity index (χ3n) is 4.17. The molecule has 3 rings (SSSR count). The summed E-state index contributed by atoms with van der Waals surface area (Å²) in [5, 5.41) is 0.507. The van der Waals surface area contributed by atoms with Crippen LogP contribution in [0, 0.1) is 0 Å². The second kappa shape index (κ2) is 5.25. The topological polar surface area (TPSA) is 63.4 Å². The SMILES string of the molecule is NC1CC2CCC(C1)N2S(=O)(=O)c1ccc(Cl)c(Br)c1. The second-order valence-corrected chi connectivity index (χ2v) is 8.63. The molecule has 0 amide bonds. The van der Waals surface area contributed by atoms with Crippen molar-refractivity contribution in [3.8, 4) is 0 Å². The first kappa shape index (κ1) is 14.8. The highest BCUT2D eigenvalue weighted by Crippen LogP contribution is 2.39. The van der Waals surface area contributed by atoms with Gasteiger partial charge in [0.2, 0.25) is 10.0 Å². The van der Waals surface area contributed by atoms with Gasteiger partial charge in [0.15, 0.2) is 0 Å². The van der Waals surface area contributed by atoms with Crippen LogP contribution in [0.1, 0.15) is 25.7 Å². The number of rotatable bonds is 2. The largest absolute Gasteiger partial charge is 0.328 e. The molecule has 0 radical (unpaired) electrons. The number of sulfonamides is 1. The van der Waals surface area contributed by atoms with Gasteiger partial charge in [-0.3, -0.25) is 0 Å². The summed E-state index contributed by atoms with van der Waals surface area (Å²) in [7, 11) is -3.47. The van der Waals surface area contributed by atoms with Crippen molar-refractivity contribution in [3.05, 3.63) is 27.7 Å². The molecule has 2 saturated heterocycles. The Morgan fingerprint density at radius 2 is 1.85 bits per heavy atom. The average Bonchev–Trinajstić information content (AvgIpc) is 2.66. The molecule has 0 aliphatic carbocycles. The van der Waals surface area contributed by atoms with E-state index in [1.54, 1.807) is 22.5 Å². The molecule has 2 aliphatic heterocycles. The van der Waals surface area contributed by atoms with Crippen LogP contribution in [0.5, 0.6) is 0 Å². The van der Waals surface area contributed by atoms with E-state index in [1.165, 1.54) is 0 Å². The number of halogens is 2. The summed E-state index contributed by atoms with van der Waals surface area (Å²) in [4.78, 5) is 0.293. The van der Waals surface area contributed by atoms with E-state index in [4.69, 9.17) is 17.3 Å². The van der Waals surface area contributed by atoms with E-state index < -0.39 is 10.0 Å². The second-order valence-electron chi connectivity index (χ2n) is 5.53. The van der Waals surface area contributed by atoms with Gasteiger partial charge in [0.05, 0.1) is 9.92 Å². The number of nitrogens with two attached hydrogens (primary N) is 1. The summed E-state index contributed by atoms with van der Waals surface area (Å²) in [5.41, 5.74) is 6.00. The molecule has 1 aromatic carbocycles. The molecule has 4 nitrogen and oxygen atoms in total. The predicted molar refractivity (Wildman–Crippen MR) is 82.2 cm³/mol. The molecule has 0 spiro atoms. The van der Waals surface area contributed by atoms with Crippen molar-refractivity contribution in [2.24, 2.45) is 5.73 Å². The molecule has 2 fully saturated rings. The Hall–Kier alpha value is -0.140. The highest BCUT2D eigenvalue weighted by molar-refractivity contribution is 9.10. The third kappa shape index (κ3) is 2.41. The van der Waals surface area contributed by atoms with Gasteiger partial charge in [-0.05, 0) is 59.8 Å². The van der Waals surface area contributed by atoms with Gasteiger partial charge in [-0.2, -0.15) is 4.31 Å². The molecular formula is C13H16BrClN2O2S. The van der Waals surface area contributed by atoms with Gasteiger partial charge < -0.3 is 5.73 Å². The predicted octanol–water partition coefficient (Wildman–Crippen LogP) is 2.75. The van der Waals surface area contributed by atoms with Crippen molar-refractivity contribution in [3.63, 3.8) is 0 Å². The van der Waals surface area contributed by atoms with Gasteiger partial charge in [-0.15, -0.1) is 0 Å². The van der Waals surface area contributed by atoms with E-state index in [0.29, 0.717) is 14.4 Å². The number of hydrogen-bond donors (Lipinski definition) is 1. The maximum absolute atomic E-state index is 12.8. The first-order valence-corrected chi connectivity index (χ1v) is 9.25. The fourth-order valence-corrected chi connectivity index (χ4v) is 5.89. The summed E-state index contributed by atoms with van der Waals surface area (Å²) in [5.74, 6) is 0. The Labute approximate surface area is 132 Å². The van der Waals surface area contributed by atoms with Crippen molar-refractivity contribution in [1.29, 1.82) is 0 Å². The van der Waals surface area contributed by atoms with Crippen LogP contribution in [0.4, 0.5) is 0 Å². The Balaban J connectivity index is 1.98. The van der Waals surface area contributed by atoms with Crippen molar-refractivity contribution in [1.82, 2.24) is 4.31 Å². The Bertz CT molecular complexity index is 623. The molecule has 2 aliphatic rings. The van der Waals surface area contributed by atoms with E-state index in [1.807, 2.05) is 0 Å². The molecular weight excluding hydrogens is 364 g/mol. The molecule has 2 N–H and O–H groups in total. The van der Waals surface area contributed by atoms with Crippen LogP contribution in [0.2, 0.25) is 5.02 Å². The van der Waals surface area contributed by atoms with Crippen LogP contribution in [0.25, 0.3) is 0 Å². The van der Waals surface area contributed by atoms with Crippen molar-refractivity contribution < 1.29 is 8.42 Å². The summed E-state index contributed by atoms with van der Waals surface area (Å²) in [6.07, 6.45) is 3.33. The van der Waals surface area contributed by atoms with E-state index in [2.05, 4.69) is 15.9 Å². The summed E-state index contributed by atoms with van der Waals surface area (Å²) >= 11 is 9.22. The summed E-state index contributed by atoms with van der Waals surface area (Å²) < 4.78 is 27.9. The minimum Gasteiger partial charge on any atom is -0.328 e. The van der Waals surface area contributed by atoms with E-state index in [0.717, 1.165) is 25.7 Å². The fraction of sp³-hybridized carbons (Fsp3) is 0.538. The van der Waals surface area contributed by atoms with Crippen LogP contribution in [-0.4, -0.2) is 30.8 Å². The van der Waals surface area contributed by atoms with E-state index in [-0.39, 0.29) is 18.1 Å². The summed E-state index contributed by atoms with van der Waals surface area (Å²) in [6.45, 7) is 0. The number of nitrogens with zero attached hydrogens (tertiary/aromatic N) is 1. The fourth-order valence-electron chi connectivity index (χ4n) is 3.33. The van der Waals surface area contributed by atoms with Gasteiger partial charge in [-0.25, -0.2) is 8.42 Å². The molecule has 1 aromatic rings. The monoisotopic (exact) mass is 378 g/mol. The number of fused-ring (bicyclic) bond motifs is 2. The first-order valence-electron chi connectivity index (χ1n) is 6.64. The highest BCUT2D eigenvalue weighted by Gasteiger charge is 2.46. The zero-order valence-electron chi connectivity index (χ0n) is 10.8. The zero-order chi connectivity index (χ0) is 14.5. The molecule has 0 aromatic heterocycles. The molecule has 0 saturated carbocycles. The smallest absolute Gasteiger partial charge is 0.243 e. The molecule has 2 unspecified atom stereocenters. The molecule has 2 atom stereocenters. The van der Waals surface area contributed by atoms with Gasteiger partial charge >= 0.3 is 0 Å². The van der Waals surface area contributed by atoms with Gasteiger partial charge in [0.1, 0.15) is 0 Å². The molecule has 20 heavy (non-hydrogen) atoms. The third-order valence-corrected chi connectivity index (χ3v) is 7.38. The Morgan fingerprint density at radius 1 is 1.25 bits per heavy atom. The van der Waals surface area contributed by atoms with Gasteiger partial charge in [0, 0.05) is 22.6 Å². The van der Waals surface area contributed by atoms with Crippen molar-refractivity contribution in [2.75, 3.05) is 0 Å². The zero-order valence-corrected chi connectivity index (χ0v) is 14.0. The highest BCUT2D eigenvalue weighted by atomic mass is 79.9. The summed E-state index contributed by atoms with van der Waals surface area (Å²) in [6, 6.07) is 4.96. The van der Waals surface area contributed by atoms with E-state index >= 15 is 0 Å². The minimum absolute atomic E-state index is 0.0446.